The van der Waals surface area contributed by atoms with Crippen LogP contribution in [0.1, 0.15) is 32.0 Å². The second-order valence-electron chi connectivity index (χ2n) is 7.76. The molecular weight excluding hydrogens is 417 g/mol. The molecule has 29 heavy (non-hydrogen) atoms. The average Bonchev–Trinajstić information content (AvgIpc) is 3.21. The zero-order valence-electron chi connectivity index (χ0n) is 16.6. The van der Waals surface area contributed by atoms with Gasteiger partial charge in [-0.3, -0.25) is 9.78 Å². The number of nitrogens with one attached hydrogen (secondary N) is 2. The summed E-state index contributed by atoms with van der Waals surface area (Å²) in [5.74, 6) is -0.209. The Morgan fingerprint density at radius 1 is 1.28 bits per heavy atom. The third-order valence-electron chi connectivity index (χ3n) is 4.56. The minimum Gasteiger partial charge on any atom is -0.443 e. The van der Waals surface area contributed by atoms with Crippen molar-refractivity contribution in [3.63, 3.8) is 0 Å². The number of hydrogen-bond acceptors (Lipinski definition) is 6. The molecule has 10 heteroatoms. The molecule has 0 aliphatic carbocycles. The van der Waals surface area contributed by atoms with Gasteiger partial charge in [0.2, 0.25) is 5.91 Å². The maximum absolute atomic E-state index is 12.4. The van der Waals surface area contributed by atoms with Crippen LogP contribution in [0, 0.1) is 16.7 Å². The SMILES string of the molecule is CC(C)(C)C(=O)Nc1cc(C#N)cnc1COC(=O)N1CC2=C(CNC2)C1.Cl.Cl. The van der Waals surface area contributed by atoms with Crippen molar-refractivity contribution in [3.8, 4) is 6.07 Å². The maximum Gasteiger partial charge on any atom is 0.410 e. The molecule has 158 valence electrons. The molecule has 1 aromatic heterocycles. The summed E-state index contributed by atoms with van der Waals surface area (Å²) >= 11 is 0. The van der Waals surface area contributed by atoms with Crippen LogP contribution in [0.2, 0.25) is 0 Å². The number of halogens is 2. The highest BCUT2D eigenvalue weighted by atomic mass is 35.5. The monoisotopic (exact) mass is 441 g/mol. The van der Waals surface area contributed by atoms with Crippen molar-refractivity contribution in [2.45, 2.75) is 27.4 Å². The number of aromatic nitrogens is 1. The average molecular weight is 442 g/mol. The number of carbonyl (C=O) groups excluding carboxylic acids is 2. The maximum atomic E-state index is 12.4. The quantitative estimate of drug-likeness (QED) is 0.697. The predicted octanol–water partition coefficient (Wildman–Crippen LogP) is 2.63. The van der Waals surface area contributed by atoms with Crippen LogP contribution < -0.4 is 10.6 Å². The summed E-state index contributed by atoms with van der Waals surface area (Å²) in [6, 6.07) is 3.54. The molecule has 0 fully saturated rings. The third-order valence-corrected chi connectivity index (χ3v) is 4.56. The van der Waals surface area contributed by atoms with Gasteiger partial charge in [-0.1, -0.05) is 20.8 Å². The van der Waals surface area contributed by atoms with Crippen LogP contribution in [0.15, 0.2) is 23.4 Å². The smallest absolute Gasteiger partial charge is 0.410 e. The molecule has 0 radical (unpaired) electrons. The van der Waals surface area contributed by atoms with Gasteiger partial charge in [0.05, 0.1) is 11.3 Å². The van der Waals surface area contributed by atoms with E-state index in [4.69, 9.17) is 10.00 Å². The second-order valence-corrected chi connectivity index (χ2v) is 7.76. The molecule has 0 unspecified atom stereocenters. The number of carbonyl (C=O) groups is 2. The van der Waals surface area contributed by atoms with Crippen LogP contribution in [-0.2, 0) is 16.1 Å². The molecule has 0 bridgehead atoms. The lowest BCUT2D eigenvalue weighted by Crippen LogP contribution is -2.33. The summed E-state index contributed by atoms with van der Waals surface area (Å²) in [6.45, 7) is 8.08. The van der Waals surface area contributed by atoms with Gasteiger partial charge in [-0.25, -0.2) is 4.79 Å². The van der Waals surface area contributed by atoms with Gasteiger partial charge in [-0.15, -0.1) is 24.8 Å². The summed E-state index contributed by atoms with van der Waals surface area (Å²) in [6.07, 6.45) is 0.983. The van der Waals surface area contributed by atoms with Gasteiger partial charge >= 0.3 is 6.09 Å². The van der Waals surface area contributed by atoms with Crippen LogP contribution in [-0.4, -0.2) is 48.1 Å². The van der Waals surface area contributed by atoms with Gasteiger partial charge in [0.15, 0.2) is 0 Å². The fourth-order valence-corrected chi connectivity index (χ4v) is 2.90. The Labute approximate surface area is 182 Å². The largest absolute Gasteiger partial charge is 0.443 e. The fraction of sp³-hybridized carbons (Fsp3) is 0.474. The fourth-order valence-electron chi connectivity index (χ4n) is 2.90. The Morgan fingerprint density at radius 2 is 1.90 bits per heavy atom. The molecule has 0 saturated heterocycles. The number of rotatable bonds is 3. The topological polar surface area (TPSA) is 107 Å². The number of anilines is 1. The molecule has 0 saturated carbocycles. The molecule has 3 heterocycles. The molecule has 3 rings (SSSR count). The number of nitriles is 1. The van der Waals surface area contributed by atoms with Gasteiger partial charge in [-0.2, -0.15) is 5.26 Å². The summed E-state index contributed by atoms with van der Waals surface area (Å²) in [5, 5.41) is 15.1. The first-order valence-corrected chi connectivity index (χ1v) is 8.80. The van der Waals surface area contributed by atoms with Crippen LogP contribution in [0.25, 0.3) is 0 Å². The Bertz CT molecular complexity index is 842. The van der Waals surface area contributed by atoms with Crippen LogP contribution in [0.3, 0.4) is 0 Å². The van der Waals surface area contributed by atoms with Crippen LogP contribution in [0.5, 0.6) is 0 Å². The van der Waals surface area contributed by atoms with E-state index >= 15 is 0 Å². The van der Waals surface area contributed by atoms with Crippen molar-refractivity contribution in [2.75, 3.05) is 31.5 Å². The standard InChI is InChI=1S/C19H23N5O3.2ClH/c1-19(2,3)17(25)23-15-4-12(5-20)6-22-16(15)11-27-18(26)24-9-13-7-21-8-14(13)10-24;;/h4,6,21H,7-11H2,1-3H3,(H,23,25);2*1H. The number of hydrogen-bond donors (Lipinski definition) is 2. The Kier molecular flexibility index (Phi) is 8.45. The minimum absolute atomic E-state index is 0. The Hall–Kier alpha value is -2.34. The highest BCUT2D eigenvalue weighted by Crippen LogP contribution is 2.23. The lowest BCUT2D eigenvalue weighted by Gasteiger charge is -2.20. The van der Waals surface area contributed by atoms with E-state index in [9.17, 15) is 9.59 Å². The second kappa shape index (κ2) is 9.92. The highest BCUT2D eigenvalue weighted by molar-refractivity contribution is 5.95. The lowest BCUT2D eigenvalue weighted by molar-refractivity contribution is -0.123. The van der Waals surface area contributed by atoms with E-state index in [-0.39, 0.29) is 37.3 Å². The van der Waals surface area contributed by atoms with Gasteiger partial charge < -0.3 is 20.3 Å². The van der Waals surface area contributed by atoms with E-state index in [1.165, 1.54) is 23.4 Å². The van der Waals surface area contributed by atoms with E-state index in [0.717, 1.165) is 13.1 Å². The lowest BCUT2D eigenvalue weighted by atomic mass is 9.95. The van der Waals surface area contributed by atoms with Crippen molar-refractivity contribution in [1.29, 1.82) is 5.26 Å². The normalized spacial score (nSPS) is 15.0. The molecule has 1 aromatic rings. The van der Waals surface area contributed by atoms with Crippen molar-refractivity contribution < 1.29 is 14.3 Å². The molecule has 0 aromatic carbocycles. The van der Waals surface area contributed by atoms with Gasteiger partial charge in [0.25, 0.3) is 0 Å². The van der Waals surface area contributed by atoms with Crippen LogP contribution >= 0.6 is 24.8 Å². The van der Waals surface area contributed by atoms with Crippen molar-refractivity contribution >= 4 is 42.5 Å². The van der Waals surface area contributed by atoms with Gasteiger partial charge in [0, 0.05) is 37.8 Å². The number of ether oxygens (including phenoxy) is 1. The van der Waals surface area contributed by atoms with Gasteiger partial charge in [0.1, 0.15) is 18.4 Å². The first-order chi connectivity index (χ1) is 12.8. The van der Waals surface area contributed by atoms with Crippen molar-refractivity contribution in [1.82, 2.24) is 15.2 Å². The molecule has 2 N–H and O–H groups in total. The van der Waals surface area contributed by atoms with E-state index in [2.05, 4.69) is 15.6 Å². The summed E-state index contributed by atoms with van der Waals surface area (Å²) in [7, 11) is 0. The molecule has 2 amide bonds. The first kappa shape index (κ1) is 24.7. The summed E-state index contributed by atoms with van der Waals surface area (Å²) < 4.78 is 5.40. The molecular formula is C19H25Cl2N5O3. The summed E-state index contributed by atoms with van der Waals surface area (Å²) in [5.41, 5.74) is 3.01. The summed E-state index contributed by atoms with van der Waals surface area (Å²) in [4.78, 5) is 30.5. The van der Waals surface area contributed by atoms with Gasteiger partial charge in [-0.05, 0) is 17.2 Å². The zero-order chi connectivity index (χ0) is 19.6. The highest BCUT2D eigenvalue weighted by Gasteiger charge is 2.29. The van der Waals surface area contributed by atoms with E-state index in [1.54, 1.807) is 25.7 Å². The molecule has 0 spiro atoms. The third kappa shape index (κ3) is 5.82. The number of nitrogens with zero attached hydrogens (tertiary/aromatic N) is 3. The van der Waals surface area contributed by atoms with Crippen molar-refractivity contribution in [3.05, 3.63) is 34.7 Å². The Balaban J connectivity index is 0.00000210. The molecule has 0 atom stereocenters. The number of amides is 2. The van der Waals surface area contributed by atoms with E-state index in [1.807, 2.05) is 6.07 Å². The first-order valence-electron chi connectivity index (χ1n) is 8.80. The minimum atomic E-state index is -0.605. The van der Waals surface area contributed by atoms with Crippen LogP contribution in [0.4, 0.5) is 10.5 Å². The van der Waals surface area contributed by atoms with Crippen molar-refractivity contribution in [2.24, 2.45) is 5.41 Å². The molecule has 8 nitrogen and oxygen atoms in total. The van der Waals surface area contributed by atoms with E-state index < -0.39 is 11.5 Å². The molecule has 2 aliphatic heterocycles. The molecule has 2 aliphatic rings. The number of pyridine rings is 1. The van der Waals surface area contributed by atoms with E-state index in [0.29, 0.717) is 30.0 Å². The Morgan fingerprint density at radius 3 is 2.45 bits per heavy atom. The zero-order valence-corrected chi connectivity index (χ0v) is 18.2. The predicted molar refractivity (Wildman–Crippen MR) is 113 cm³/mol.